The van der Waals surface area contributed by atoms with Gasteiger partial charge in [0.25, 0.3) is 0 Å². The zero-order valence-corrected chi connectivity index (χ0v) is 16.1. The molecule has 3 atom stereocenters. The number of amides is 1. The van der Waals surface area contributed by atoms with Crippen LogP contribution in [-0.4, -0.2) is 40.5 Å². The van der Waals surface area contributed by atoms with Crippen molar-refractivity contribution >= 4 is 23.6 Å². The van der Waals surface area contributed by atoms with E-state index in [0.29, 0.717) is 19.4 Å². The maximum absolute atomic E-state index is 12.8. The summed E-state index contributed by atoms with van der Waals surface area (Å²) in [5.74, 6) is -1.23. The topological polar surface area (TPSA) is 75.6 Å². The number of carbonyl (C=O) groups is 2. The molecule has 2 rings (SSSR count). The summed E-state index contributed by atoms with van der Waals surface area (Å²) in [5, 5.41) is 12.3. The van der Waals surface area contributed by atoms with Crippen molar-refractivity contribution < 1.29 is 19.4 Å². The zero-order valence-electron chi connectivity index (χ0n) is 15.2. The molecule has 1 aromatic carbocycles. The number of carbonyl (C=O) groups excluding carboxylic acids is 1. The van der Waals surface area contributed by atoms with E-state index in [2.05, 4.69) is 5.32 Å². The second-order valence-corrected chi connectivity index (χ2v) is 8.17. The number of carboxylic acids is 1. The smallest absolute Gasteiger partial charge is 0.330 e. The Morgan fingerprint density at radius 2 is 1.96 bits per heavy atom. The van der Waals surface area contributed by atoms with E-state index in [0.717, 1.165) is 4.90 Å². The van der Waals surface area contributed by atoms with Gasteiger partial charge in [-0.3, -0.25) is 4.79 Å². The minimum Gasteiger partial charge on any atom is -0.479 e. The second-order valence-electron chi connectivity index (χ2n) is 6.90. The third-order valence-electron chi connectivity index (χ3n) is 5.15. The highest BCUT2D eigenvalue weighted by Crippen LogP contribution is 2.51. The van der Waals surface area contributed by atoms with E-state index in [9.17, 15) is 14.7 Å². The largest absolute Gasteiger partial charge is 0.479 e. The van der Waals surface area contributed by atoms with Gasteiger partial charge < -0.3 is 15.2 Å². The van der Waals surface area contributed by atoms with Crippen molar-refractivity contribution in [3.8, 4) is 0 Å². The van der Waals surface area contributed by atoms with Crippen LogP contribution in [0.4, 0.5) is 0 Å². The van der Waals surface area contributed by atoms with Crippen molar-refractivity contribution in [2.24, 2.45) is 5.41 Å². The maximum Gasteiger partial charge on any atom is 0.330 e. The molecule has 0 saturated heterocycles. The molecule has 1 aliphatic carbocycles. The van der Waals surface area contributed by atoms with E-state index < -0.39 is 16.9 Å². The van der Waals surface area contributed by atoms with Gasteiger partial charge in [-0.1, -0.05) is 39.0 Å². The fourth-order valence-corrected chi connectivity index (χ4v) is 4.29. The number of benzene rings is 1. The Morgan fingerprint density at radius 3 is 2.44 bits per heavy atom. The molecule has 0 radical (unpaired) electrons. The fourth-order valence-electron chi connectivity index (χ4n) is 3.31. The van der Waals surface area contributed by atoms with E-state index in [1.165, 1.54) is 11.8 Å². The van der Waals surface area contributed by atoms with Crippen LogP contribution in [0.5, 0.6) is 0 Å². The van der Waals surface area contributed by atoms with Crippen LogP contribution < -0.4 is 5.32 Å². The van der Waals surface area contributed by atoms with E-state index in [-0.39, 0.29) is 17.3 Å². The van der Waals surface area contributed by atoms with Crippen LogP contribution >= 0.6 is 11.8 Å². The van der Waals surface area contributed by atoms with Gasteiger partial charge in [0, 0.05) is 23.3 Å². The van der Waals surface area contributed by atoms with E-state index in [4.69, 9.17) is 4.74 Å². The highest BCUT2D eigenvalue weighted by Gasteiger charge is 2.66. The van der Waals surface area contributed by atoms with Crippen LogP contribution in [0.15, 0.2) is 35.2 Å². The highest BCUT2D eigenvalue weighted by atomic mass is 32.2. The number of rotatable bonds is 8. The van der Waals surface area contributed by atoms with E-state index >= 15 is 0 Å². The lowest BCUT2D eigenvalue weighted by Crippen LogP contribution is -2.76. The van der Waals surface area contributed by atoms with Crippen LogP contribution in [0, 0.1) is 5.41 Å². The molecule has 0 bridgehead atoms. The second kappa shape index (κ2) is 7.79. The highest BCUT2D eigenvalue weighted by molar-refractivity contribution is 8.00. The predicted molar refractivity (Wildman–Crippen MR) is 98.7 cm³/mol. The molecule has 3 unspecified atom stereocenters. The Morgan fingerprint density at radius 1 is 1.32 bits per heavy atom. The third-order valence-corrected chi connectivity index (χ3v) is 6.53. The molecule has 1 fully saturated rings. The first-order chi connectivity index (χ1) is 11.8. The van der Waals surface area contributed by atoms with Crippen molar-refractivity contribution in [2.45, 2.75) is 62.3 Å². The van der Waals surface area contributed by atoms with Crippen molar-refractivity contribution in [1.82, 2.24) is 5.32 Å². The summed E-state index contributed by atoms with van der Waals surface area (Å²) in [4.78, 5) is 25.8. The Kier molecular flexibility index (Phi) is 6.16. The van der Waals surface area contributed by atoms with Crippen molar-refractivity contribution in [2.75, 3.05) is 6.61 Å². The Balaban J connectivity index is 2.14. The predicted octanol–water partition coefficient (Wildman–Crippen LogP) is 3.33. The molecule has 2 N–H and O–H groups in total. The summed E-state index contributed by atoms with van der Waals surface area (Å²) < 4.78 is 5.64. The summed E-state index contributed by atoms with van der Waals surface area (Å²) in [7, 11) is 0. The number of thioether (sulfide) groups is 1. The van der Waals surface area contributed by atoms with Gasteiger partial charge >= 0.3 is 5.97 Å². The Hall–Kier alpha value is -1.53. The summed E-state index contributed by atoms with van der Waals surface area (Å²) in [6.45, 7) is 8.04. The van der Waals surface area contributed by atoms with Crippen LogP contribution in [0.1, 0.15) is 40.5 Å². The molecule has 138 valence electrons. The van der Waals surface area contributed by atoms with Crippen molar-refractivity contribution in [3.05, 3.63) is 30.3 Å². The van der Waals surface area contributed by atoms with E-state index in [1.807, 2.05) is 58.0 Å². The van der Waals surface area contributed by atoms with Crippen molar-refractivity contribution in [1.29, 1.82) is 0 Å². The minimum absolute atomic E-state index is 0.171. The van der Waals surface area contributed by atoms with Crippen LogP contribution in [0.25, 0.3) is 0 Å². The molecule has 0 aliphatic heterocycles. The molecule has 5 nitrogen and oxygen atoms in total. The quantitative estimate of drug-likeness (QED) is 0.691. The van der Waals surface area contributed by atoms with Crippen LogP contribution in [0.2, 0.25) is 0 Å². The first-order valence-corrected chi connectivity index (χ1v) is 9.55. The lowest BCUT2D eigenvalue weighted by Gasteiger charge is -2.58. The van der Waals surface area contributed by atoms with Crippen LogP contribution in [-0.2, 0) is 14.3 Å². The molecule has 1 saturated carbocycles. The van der Waals surface area contributed by atoms with Crippen LogP contribution in [0.3, 0.4) is 0 Å². The van der Waals surface area contributed by atoms with Gasteiger partial charge in [0.05, 0.1) is 11.4 Å². The van der Waals surface area contributed by atoms with E-state index in [1.54, 1.807) is 0 Å². The monoisotopic (exact) mass is 365 g/mol. The molecule has 1 aromatic rings. The third kappa shape index (κ3) is 3.70. The number of aliphatic carboxylic acids is 1. The maximum atomic E-state index is 12.8. The average Bonchev–Trinajstić information content (AvgIpc) is 2.58. The lowest BCUT2D eigenvalue weighted by molar-refractivity contribution is -0.194. The number of hydrogen-bond donors (Lipinski definition) is 2. The number of carboxylic acid groups (broad SMARTS) is 1. The molecule has 0 heterocycles. The van der Waals surface area contributed by atoms with Gasteiger partial charge in [-0.25, -0.2) is 4.79 Å². The standard InChI is InChI=1S/C19H27NO4S/c1-5-14(25-13-10-8-7-9-11-13)16(21)20-19(17(22)23)12-15(24-6-2)18(19,3)4/h7-11,14-15H,5-6,12H2,1-4H3,(H,20,21)(H,22,23). The summed E-state index contributed by atoms with van der Waals surface area (Å²) in [6.07, 6.45) is 0.744. The first kappa shape index (κ1) is 19.8. The fraction of sp³-hybridized carbons (Fsp3) is 0.579. The molecular weight excluding hydrogens is 338 g/mol. The average molecular weight is 365 g/mol. The van der Waals surface area contributed by atoms with Gasteiger partial charge in [-0.05, 0) is 25.5 Å². The lowest BCUT2D eigenvalue weighted by atomic mass is 9.54. The number of hydrogen-bond acceptors (Lipinski definition) is 4. The van der Waals surface area contributed by atoms with Gasteiger partial charge in [0.1, 0.15) is 5.54 Å². The summed E-state index contributed by atoms with van der Waals surface area (Å²) >= 11 is 1.46. The normalized spacial score (nSPS) is 25.7. The number of nitrogens with one attached hydrogen (secondary N) is 1. The molecule has 1 amide bonds. The summed E-state index contributed by atoms with van der Waals surface area (Å²) in [5.41, 5.74) is -1.95. The molecule has 6 heteroatoms. The van der Waals surface area contributed by atoms with Gasteiger partial charge in [-0.15, -0.1) is 11.8 Å². The molecule has 1 aliphatic rings. The molecule has 0 aromatic heterocycles. The Bertz CT molecular complexity index is 619. The zero-order chi connectivity index (χ0) is 18.7. The molecule has 25 heavy (non-hydrogen) atoms. The van der Waals surface area contributed by atoms with Crippen molar-refractivity contribution in [3.63, 3.8) is 0 Å². The van der Waals surface area contributed by atoms with Gasteiger partial charge in [-0.2, -0.15) is 0 Å². The SMILES string of the molecule is CCOC1CC(NC(=O)C(CC)Sc2ccccc2)(C(=O)O)C1(C)C. The van der Waals surface area contributed by atoms with Gasteiger partial charge in [0.2, 0.25) is 5.91 Å². The molecule has 0 spiro atoms. The minimum atomic E-state index is -1.28. The molecular formula is C19H27NO4S. The Labute approximate surface area is 153 Å². The first-order valence-electron chi connectivity index (χ1n) is 8.67. The van der Waals surface area contributed by atoms with Gasteiger partial charge in [0.15, 0.2) is 0 Å². The number of ether oxygens (including phenoxy) is 1. The summed E-state index contributed by atoms with van der Waals surface area (Å²) in [6, 6.07) is 9.67.